The van der Waals surface area contributed by atoms with Gasteiger partial charge in [-0.1, -0.05) is 0 Å². The molecule has 1 aromatic carbocycles. The van der Waals surface area contributed by atoms with Gasteiger partial charge < -0.3 is 20.9 Å². The van der Waals surface area contributed by atoms with Crippen LogP contribution in [-0.2, 0) is 4.79 Å². The van der Waals surface area contributed by atoms with Crippen LogP contribution in [0.4, 0.5) is 10.1 Å². The van der Waals surface area contributed by atoms with E-state index >= 15 is 0 Å². The predicted molar refractivity (Wildman–Crippen MR) is 66.3 cm³/mol. The van der Waals surface area contributed by atoms with E-state index in [-0.39, 0.29) is 12.2 Å². The first-order valence-corrected chi connectivity index (χ1v) is 5.69. The normalized spacial score (nSPS) is 11.9. The highest BCUT2D eigenvalue weighted by molar-refractivity contribution is 5.73. The van der Waals surface area contributed by atoms with Crippen molar-refractivity contribution in [1.82, 2.24) is 0 Å². The van der Waals surface area contributed by atoms with E-state index in [0.717, 1.165) is 0 Å². The second kappa shape index (κ2) is 6.80. The van der Waals surface area contributed by atoms with Crippen molar-refractivity contribution in [2.45, 2.75) is 19.4 Å². The molecule has 0 bridgehead atoms. The Kier molecular flexibility index (Phi) is 5.38. The fourth-order valence-corrected chi connectivity index (χ4v) is 1.38. The Balaban J connectivity index is 2.48. The molecule has 100 valence electrons. The number of anilines is 1. The minimum atomic E-state index is -1.05. The molecule has 5 nitrogen and oxygen atoms in total. The smallest absolute Gasteiger partial charge is 0.320 e. The molecule has 0 amide bonds. The molecule has 18 heavy (non-hydrogen) atoms. The van der Waals surface area contributed by atoms with Crippen LogP contribution >= 0.6 is 0 Å². The van der Waals surface area contributed by atoms with Gasteiger partial charge in [0.2, 0.25) is 0 Å². The third-order valence-corrected chi connectivity index (χ3v) is 2.33. The molecule has 4 N–H and O–H groups in total. The average Bonchev–Trinajstić information content (AvgIpc) is 2.32. The lowest BCUT2D eigenvalue weighted by Crippen LogP contribution is -2.32. The summed E-state index contributed by atoms with van der Waals surface area (Å²) in [6, 6.07) is 3.58. The molecule has 0 aliphatic carbocycles. The predicted octanol–water partition coefficient (Wildman–Crippen LogP) is 1.44. The number of ether oxygens (including phenoxy) is 1. The van der Waals surface area contributed by atoms with E-state index in [9.17, 15) is 9.18 Å². The zero-order valence-corrected chi connectivity index (χ0v) is 10.1. The maximum atomic E-state index is 13.5. The van der Waals surface area contributed by atoms with E-state index in [1.54, 1.807) is 13.0 Å². The highest BCUT2D eigenvalue weighted by Gasteiger charge is 2.10. The average molecular weight is 256 g/mol. The van der Waals surface area contributed by atoms with Gasteiger partial charge in [-0.25, -0.2) is 4.39 Å². The Bertz CT molecular complexity index is 412. The highest BCUT2D eigenvalue weighted by atomic mass is 19.1. The summed E-state index contributed by atoms with van der Waals surface area (Å²) in [5.41, 5.74) is 5.90. The van der Waals surface area contributed by atoms with Crippen molar-refractivity contribution in [3.8, 4) is 5.75 Å². The summed E-state index contributed by atoms with van der Waals surface area (Å²) in [7, 11) is 0. The van der Waals surface area contributed by atoms with Crippen LogP contribution in [0.15, 0.2) is 18.2 Å². The van der Waals surface area contributed by atoms with Crippen molar-refractivity contribution in [2.75, 3.05) is 18.5 Å². The van der Waals surface area contributed by atoms with Gasteiger partial charge >= 0.3 is 5.97 Å². The molecule has 0 spiro atoms. The number of benzene rings is 1. The summed E-state index contributed by atoms with van der Waals surface area (Å²) in [5, 5.41) is 11.5. The first-order valence-electron chi connectivity index (χ1n) is 5.69. The summed E-state index contributed by atoms with van der Waals surface area (Å²) >= 11 is 0. The van der Waals surface area contributed by atoms with E-state index < -0.39 is 17.8 Å². The molecule has 0 aliphatic rings. The quantitative estimate of drug-likeness (QED) is 0.687. The number of nitrogens with two attached hydrogens (primary N) is 1. The second-order valence-corrected chi connectivity index (χ2v) is 3.74. The van der Waals surface area contributed by atoms with Gasteiger partial charge in [-0.05, 0) is 25.5 Å². The van der Waals surface area contributed by atoms with Crippen LogP contribution in [0, 0.1) is 5.82 Å². The van der Waals surface area contributed by atoms with Crippen molar-refractivity contribution < 1.29 is 19.0 Å². The van der Waals surface area contributed by atoms with Gasteiger partial charge in [0.05, 0.1) is 6.61 Å². The van der Waals surface area contributed by atoms with E-state index in [1.807, 2.05) is 0 Å². The molecular formula is C12H17FN2O3. The van der Waals surface area contributed by atoms with Gasteiger partial charge in [-0.15, -0.1) is 0 Å². The van der Waals surface area contributed by atoms with E-state index in [1.165, 1.54) is 12.1 Å². The van der Waals surface area contributed by atoms with Crippen LogP contribution < -0.4 is 15.8 Å². The number of rotatable bonds is 7. The molecule has 1 rings (SSSR count). The molecule has 0 heterocycles. The third kappa shape index (κ3) is 4.21. The number of hydrogen-bond donors (Lipinski definition) is 3. The van der Waals surface area contributed by atoms with Crippen LogP contribution in [-0.4, -0.2) is 30.3 Å². The van der Waals surface area contributed by atoms with Crippen LogP contribution in [0.1, 0.15) is 13.3 Å². The molecule has 1 aromatic rings. The van der Waals surface area contributed by atoms with Gasteiger partial charge in [0.1, 0.15) is 6.04 Å². The molecule has 1 atom stereocenters. The van der Waals surface area contributed by atoms with Gasteiger partial charge in [0.15, 0.2) is 11.6 Å². The van der Waals surface area contributed by atoms with E-state index in [2.05, 4.69) is 5.32 Å². The van der Waals surface area contributed by atoms with Gasteiger partial charge in [0.25, 0.3) is 0 Å². The Labute approximate surface area is 105 Å². The Morgan fingerprint density at radius 3 is 2.89 bits per heavy atom. The number of halogens is 1. The molecule has 0 aromatic heterocycles. The van der Waals surface area contributed by atoms with Gasteiger partial charge in [-0.3, -0.25) is 4.79 Å². The van der Waals surface area contributed by atoms with Gasteiger partial charge in [-0.2, -0.15) is 0 Å². The zero-order valence-electron chi connectivity index (χ0n) is 10.1. The molecular weight excluding hydrogens is 239 g/mol. The Morgan fingerprint density at radius 1 is 1.61 bits per heavy atom. The maximum absolute atomic E-state index is 13.5. The zero-order chi connectivity index (χ0) is 13.5. The monoisotopic (exact) mass is 256 g/mol. The van der Waals surface area contributed by atoms with Crippen LogP contribution in [0.3, 0.4) is 0 Å². The topological polar surface area (TPSA) is 84.6 Å². The minimum absolute atomic E-state index is 0.199. The largest absolute Gasteiger partial charge is 0.491 e. The molecule has 0 aliphatic heterocycles. The van der Waals surface area contributed by atoms with Gasteiger partial charge in [0, 0.05) is 18.3 Å². The maximum Gasteiger partial charge on any atom is 0.320 e. The lowest BCUT2D eigenvalue weighted by atomic mass is 10.2. The summed E-state index contributed by atoms with van der Waals surface area (Å²) in [4.78, 5) is 10.5. The number of carboxylic acid groups (broad SMARTS) is 1. The Hall–Kier alpha value is -1.82. The van der Waals surface area contributed by atoms with Crippen molar-refractivity contribution in [3.05, 3.63) is 24.0 Å². The number of carbonyl (C=O) groups is 1. The lowest BCUT2D eigenvalue weighted by molar-refractivity contribution is -0.138. The standard InChI is InChI=1S/C12H17FN2O3/c1-2-18-11-4-3-8(7-9(11)13)15-6-5-10(14)12(16)17/h3-4,7,10,15H,2,5-6,14H2,1H3,(H,16,17). The summed E-state index contributed by atoms with van der Waals surface area (Å²) in [6.45, 7) is 2.54. The SMILES string of the molecule is CCOc1ccc(NCCC(N)C(=O)O)cc1F. The number of hydrogen-bond acceptors (Lipinski definition) is 4. The molecule has 1 unspecified atom stereocenters. The number of nitrogens with one attached hydrogen (secondary N) is 1. The molecule has 0 saturated carbocycles. The Morgan fingerprint density at radius 2 is 2.33 bits per heavy atom. The van der Waals surface area contributed by atoms with Crippen molar-refractivity contribution >= 4 is 11.7 Å². The second-order valence-electron chi connectivity index (χ2n) is 3.74. The van der Waals surface area contributed by atoms with Crippen LogP contribution in [0.5, 0.6) is 5.75 Å². The highest BCUT2D eigenvalue weighted by Crippen LogP contribution is 2.21. The third-order valence-electron chi connectivity index (χ3n) is 2.33. The van der Waals surface area contributed by atoms with Crippen molar-refractivity contribution in [2.24, 2.45) is 5.73 Å². The molecule has 0 saturated heterocycles. The minimum Gasteiger partial charge on any atom is -0.491 e. The summed E-state index contributed by atoms with van der Waals surface area (Å²) in [6.07, 6.45) is 0.268. The fraction of sp³-hybridized carbons (Fsp3) is 0.417. The van der Waals surface area contributed by atoms with E-state index in [4.69, 9.17) is 15.6 Å². The number of carboxylic acids is 1. The summed E-state index contributed by atoms with van der Waals surface area (Å²) in [5.74, 6) is -1.30. The fourth-order valence-electron chi connectivity index (χ4n) is 1.38. The molecule has 0 fully saturated rings. The number of aliphatic carboxylic acids is 1. The summed E-state index contributed by atoms with van der Waals surface area (Å²) < 4.78 is 18.5. The molecule has 6 heteroatoms. The van der Waals surface area contributed by atoms with Crippen LogP contribution in [0.25, 0.3) is 0 Å². The van der Waals surface area contributed by atoms with E-state index in [0.29, 0.717) is 18.8 Å². The first kappa shape index (κ1) is 14.2. The van der Waals surface area contributed by atoms with Crippen molar-refractivity contribution in [1.29, 1.82) is 0 Å². The molecule has 0 radical (unpaired) electrons. The van der Waals surface area contributed by atoms with Crippen LogP contribution in [0.2, 0.25) is 0 Å². The first-order chi connectivity index (χ1) is 8.54. The van der Waals surface area contributed by atoms with Crippen molar-refractivity contribution in [3.63, 3.8) is 0 Å². The lowest BCUT2D eigenvalue weighted by Gasteiger charge is -2.10.